The molecular formula is C22H21N3O3. The van der Waals surface area contributed by atoms with E-state index in [1.165, 1.54) is 17.3 Å². The molecule has 0 unspecified atom stereocenters. The Kier molecular flexibility index (Phi) is 4.77. The van der Waals surface area contributed by atoms with Crippen molar-refractivity contribution in [1.82, 2.24) is 14.8 Å². The molecule has 2 heterocycles. The maximum atomic E-state index is 12.4. The third-order valence-corrected chi connectivity index (χ3v) is 4.97. The summed E-state index contributed by atoms with van der Waals surface area (Å²) in [4.78, 5) is 28.9. The number of hydrogen-bond donors (Lipinski definition) is 0. The second kappa shape index (κ2) is 7.38. The second-order valence-electron chi connectivity index (χ2n) is 7.08. The lowest BCUT2D eigenvalue weighted by Gasteiger charge is -2.07. The van der Waals surface area contributed by atoms with Gasteiger partial charge in [0.05, 0.1) is 11.3 Å². The molecule has 0 saturated carbocycles. The van der Waals surface area contributed by atoms with Crippen molar-refractivity contribution in [2.24, 2.45) is 0 Å². The van der Waals surface area contributed by atoms with Crippen LogP contribution >= 0.6 is 0 Å². The minimum absolute atomic E-state index is 0.199. The molecule has 0 radical (unpaired) electrons. The third kappa shape index (κ3) is 3.58. The van der Waals surface area contributed by atoms with Crippen LogP contribution in [-0.2, 0) is 17.6 Å². The van der Waals surface area contributed by atoms with Gasteiger partial charge in [-0.15, -0.1) is 0 Å². The van der Waals surface area contributed by atoms with Gasteiger partial charge in [-0.05, 0) is 68.5 Å². The molecule has 1 aliphatic rings. The molecule has 0 saturated heterocycles. The molecule has 28 heavy (non-hydrogen) atoms. The number of benzene rings is 1. The summed E-state index contributed by atoms with van der Waals surface area (Å²) in [6.45, 7) is 3.57. The van der Waals surface area contributed by atoms with E-state index in [9.17, 15) is 9.59 Å². The zero-order valence-corrected chi connectivity index (χ0v) is 15.9. The van der Waals surface area contributed by atoms with E-state index >= 15 is 0 Å². The molecule has 1 aromatic carbocycles. The number of fused-ring (bicyclic) bond motifs is 1. The van der Waals surface area contributed by atoms with E-state index in [1.807, 2.05) is 38.1 Å². The Morgan fingerprint density at radius 3 is 2.54 bits per heavy atom. The van der Waals surface area contributed by atoms with Gasteiger partial charge in [0.2, 0.25) is 0 Å². The van der Waals surface area contributed by atoms with E-state index in [2.05, 4.69) is 10.1 Å². The van der Waals surface area contributed by atoms with Crippen molar-refractivity contribution < 1.29 is 14.3 Å². The van der Waals surface area contributed by atoms with Gasteiger partial charge >= 0.3 is 5.97 Å². The number of aromatic nitrogens is 3. The Morgan fingerprint density at radius 2 is 1.82 bits per heavy atom. The molecule has 0 bridgehead atoms. The fourth-order valence-electron chi connectivity index (χ4n) is 3.54. The molecule has 6 heteroatoms. The van der Waals surface area contributed by atoms with Crippen molar-refractivity contribution in [1.29, 1.82) is 0 Å². The highest BCUT2D eigenvalue weighted by atomic mass is 16.5. The van der Waals surface area contributed by atoms with Gasteiger partial charge in [0.25, 0.3) is 0 Å². The molecule has 0 spiro atoms. The van der Waals surface area contributed by atoms with Gasteiger partial charge < -0.3 is 4.74 Å². The number of pyridine rings is 1. The first-order valence-corrected chi connectivity index (χ1v) is 9.33. The number of esters is 1. The minimum atomic E-state index is -0.568. The molecular weight excluding hydrogens is 354 g/mol. The summed E-state index contributed by atoms with van der Waals surface area (Å²) in [6.07, 6.45) is 4.64. The second-order valence-corrected chi connectivity index (χ2v) is 7.08. The molecule has 0 atom stereocenters. The van der Waals surface area contributed by atoms with Crippen LogP contribution in [-0.4, -0.2) is 33.1 Å². The van der Waals surface area contributed by atoms with Gasteiger partial charge in [0.1, 0.15) is 0 Å². The minimum Gasteiger partial charge on any atom is -0.454 e. The van der Waals surface area contributed by atoms with Gasteiger partial charge in [-0.25, -0.2) is 14.5 Å². The predicted octanol–water partition coefficient (Wildman–Crippen LogP) is 3.41. The monoisotopic (exact) mass is 375 g/mol. The van der Waals surface area contributed by atoms with Gasteiger partial charge in [0.15, 0.2) is 18.2 Å². The largest absolute Gasteiger partial charge is 0.454 e. The van der Waals surface area contributed by atoms with Gasteiger partial charge in [-0.3, -0.25) is 4.79 Å². The first-order chi connectivity index (χ1) is 13.5. The van der Waals surface area contributed by atoms with Crippen LogP contribution in [0.2, 0.25) is 0 Å². The molecule has 0 N–H and O–H groups in total. The van der Waals surface area contributed by atoms with E-state index in [-0.39, 0.29) is 12.4 Å². The van der Waals surface area contributed by atoms with Crippen molar-refractivity contribution in [3.05, 3.63) is 76.2 Å². The van der Waals surface area contributed by atoms with Crippen LogP contribution in [0.4, 0.5) is 0 Å². The van der Waals surface area contributed by atoms with Crippen molar-refractivity contribution in [2.45, 2.75) is 33.1 Å². The summed E-state index contributed by atoms with van der Waals surface area (Å²) in [5.74, 6) is -0.145. The highest BCUT2D eigenvalue weighted by Crippen LogP contribution is 2.23. The van der Waals surface area contributed by atoms with Crippen molar-refractivity contribution >= 4 is 11.8 Å². The Hall–Kier alpha value is -3.28. The lowest BCUT2D eigenvalue weighted by Crippen LogP contribution is -2.15. The number of carbonyl (C=O) groups is 2. The highest BCUT2D eigenvalue weighted by molar-refractivity contribution is 5.99. The molecule has 0 fully saturated rings. The van der Waals surface area contributed by atoms with Crippen LogP contribution in [0.15, 0.2) is 42.6 Å². The maximum absolute atomic E-state index is 12.4. The first kappa shape index (κ1) is 18.1. The van der Waals surface area contributed by atoms with E-state index in [1.54, 1.807) is 16.8 Å². The summed E-state index contributed by atoms with van der Waals surface area (Å²) < 4.78 is 6.90. The molecule has 2 aromatic heterocycles. The van der Waals surface area contributed by atoms with Gasteiger partial charge in [-0.1, -0.05) is 12.1 Å². The summed E-state index contributed by atoms with van der Waals surface area (Å²) >= 11 is 0. The van der Waals surface area contributed by atoms with E-state index < -0.39 is 5.97 Å². The quantitative estimate of drug-likeness (QED) is 0.505. The Morgan fingerprint density at radius 1 is 1.04 bits per heavy atom. The highest BCUT2D eigenvalue weighted by Gasteiger charge is 2.16. The lowest BCUT2D eigenvalue weighted by molar-refractivity contribution is 0.0474. The molecule has 6 nitrogen and oxygen atoms in total. The number of rotatable bonds is 5. The summed E-state index contributed by atoms with van der Waals surface area (Å²) in [6, 6.07) is 11.0. The number of aryl methyl sites for hydroxylation is 4. The Balaban J connectivity index is 1.39. The lowest BCUT2D eigenvalue weighted by atomic mass is 10.0. The Labute approximate surface area is 163 Å². The summed E-state index contributed by atoms with van der Waals surface area (Å²) in [7, 11) is 0. The summed E-state index contributed by atoms with van der Waals surface area (Å²) in [5, 5.41) is 4.37. The molecule has 0 amide bonds. The molecule has 0 aliphatic heterocycles. The molecule has 3 aromatic rings. The van der Waals surface area contributed by atoms with Crippen LogP contribution in [0.25, 0.3) is 5.82 Å². The van der Waals surface area contributed by atoms with Crippen LogP contribution in [0.3, 0.4) is 0 Å². The average molecular weight is 375 g/mol. The fourth-order valence-corrected chi connectivity index (χ4v) is 3.54. The van der Waals surface area contributed by atoms with Crippen LogP contribution in [0.1, 0.15) is 49.7 Å². The van der Waals surface area contributed by atoms with E-state index in [0.717, 1.165) is 30.7 Å². The number of Topliss-reactive ketones (excluding diaryl/α,β-unsaturated/α-hetero) is 1. The van der Waals surface area contributed by atoms with Crippen molar-refractivity contribution in [2.75, 3.05) is 6.61 Å². The van der Waals surface area contributed by atoms with Crippen molar-refractivity contribution in [3.63, 3.8) is 0 Å². The standard InChI is InChI=1S/C22H21N3O3/c1-14-10-15(2)25(24-14)21-9-8-19(12-23-21)22(27)28-13-20(26)18-7-6-16-4-3-5-17(16)11-18/h6-12H,3-5,13H2,1-2H3. The van der Waals surface area contributed by atoms with E-state index in [4.69, 9.17) is 4.74 Å². The van der Waals surface area contributed by atoms with Gasteiger partial charge in [-0.2, -0.15) is 5.10 Å². The topological polar surface area (TPSA) is 74.1 Å². The van der Waals surface area contributed by atoms with Crippen LogP contribution in [0.5, 0.6) is 0 Å². The fraction of sp³-hybridized carbons (Fsp3) is 0.273. The smallest absolute Gasteiger partial charge is 0.340 e. The van der Waals surface area contributed by atoms with E-state index in [0.29, 0.717) is 16.9 Å². The normalized spacial score (nSPS) is 12.6. The third-order valence-electron chi connectivity index (χ3n) is 4.97. The summed E-state index contributed by atoms with van der Waals surface area (Å²) in [5.41, 5.74) is 5.27. The number of carbonyl (C=O) groups excluding carboxylic acids is 2. The first-order valence-electron chi connectivity index (χ1n) is 9.33. The number of hydrogen-bond acceptors (Lipinski definition) is 5. The van der Waals surface area contributed by atoms with Crippen LogP contribution in [0, 0.1) is 13.8 Å². The Bertz CT molecular complexity index is 1050. The van der Waals surface area contributed by atoms with Crippen LogP contribution < -0.4 is 0 Å². The predicted molar refractivity (Wildman–Crippen MR) is 104 cm³/mol. The molecule has 1 aliphatic carbocycles. The molecule has 142 valence electrons. The maximum Gasteiger partial charge on any atom is 0.340 e. The number of ether oxygens (including phenoxy) is 1. The van der Waals surface area contributed by atoms with Crippen molar-refractivity contribution in [3.8, 4) is 5.82 Å². The number of ketones is 1. The molecule has 4 rings (SSSR count). The number of nitrogens with zero attached hydrogens (tertiary/aromatic N) is 3. The zero-order chi connectivity index (χ0) is 19.7. The average Bonchev–Trinajstić information content (AvgIpc) is 3.30. The van der Waals surface area contributed by atoms with Gasteiger partial charge in [0, 0.05) is 17.5 Å². The SMILES string of the molecule is Cc1cc(C)n(-c2ccc(C(=O)OCC(=O)c3ccc4c(c3)CCC4)cn2)n1. The zero-order valence-electron chi connectivity index (χ0n) is 15.9.